The summed E-state index contributed by atoms with van der Waals surface area (Å²) in [5.74, 6) is -0.940. The molecule has 0 aliphatic carbocycles. The van der Waals surface area contributed by atoms with Crippen LogP contribution in [-0.4, -0.2) is 15.6 Å². The number of hydrogen-bond donors (Lipinski definition) is 1. The van der Waals surface area contributed by atoms with Gasteiger partial charge in [0.05, 0.1) is 5.52 Å². The molecule has 3 aromatic rings. The van der Waals surface area contributed by atoms with Gasteiger partial charge in [-0.1, -0.05) is 78.9 Å². The molecule has 0 aliphatic heterocycles. The molecule has 31 heavy (non-hydrogen) atoms. The number of carbonyl (C=O) groups is 1. The van der Waals surface area contributed by atoms with E-state index >= 15 is 0 Å². The lowest BCUT2D eigenvalue weighted by molar-refractivity contribution is -0.131. The van der Waals surface area contributed by atoms with Crippen LogP contribution in [0.3, 0.4) is 0 Å². The maximum Gasteiger partial charge on any atom is 0.328 e. The quantitative estimate of drug-likeness (QED) is 0.311. The molecule has 0 atom stereocenters. The zero-order valence-electron chi connectivity index (χ0n) is 17.9. The van der Waals surface area contributed by atoms with Crippen LogP contribution in [0.5, 0.6) is 0 Å². The Morgan fingerprint density at radius 3 is 2.55 bits per heavy atom. The van der Waals surface area contributed by atoms with E-state index in [4.69, 9.17) is 5.11 Å². The van der Waals surface area contributed by atoms with Crippen molar-refractivity contribution >= 4 is 39.9 Å². The molecule has 0 saturated carbocycles. The van der Waals surface area contributed by atoms with Crippen LogP contribution in [0.1, 0.15) is 26.0 Å². The molecule has 156 valence electrons. The van der Waals surface area contributed by atoms with Crippen molar-refractivity contribution < 1.29 is 9.90 Å². The summed E-state index contributed by atoms with van der Waals surface area (Å²) in [7, 11) is 0. The fourth-order valence-corrected chi connectivity index (χ4v) is 3.45. The number of hydrogen-bond acceptors (Lipinski definition) is 1. The van der Waals surface area contributed by atoms with Gasteiger partial charge in [0.1, 0.15) is 0 Å². The number of aliphatic carboxylic acids is 1. The van der Waals surface area contributed by atoms with E-state index in [1.807, 2.05) is 50.3 Å². The second kappa shape index (κ2) is 10.8. The molecule has 0 unspecified atom stereocenters. The van der Waals surface area contributed by atoms with Crippen LogP contribution in [0.4, 0.5) is 0 Å². The molecule has 3 rings (SSSR count). The van der Waals surface area contributed by atoms with E-state index in [2.05, 4.69) is 65.4 Å². The van der Waals surface area contributed by atoms with Crippen molar-refractivity contribution in [2.45, 2.75) is 20.3 Å². The zero-order chi connectivity index (χ0) is 22.1. The van der Waals surface area contributed by atoms with Gasteiger partial charge < -0.3 is 9.67 Å². The Bertz CT molecular complexity index is 1250. The van der Waals surface area contributed by atoms with Crippen LogP contribution in [0.15, 0.2) is 103 Å². The summed E-state index contributed by atoms with van der Waals surface area (Å²) in [6, 6.07) is 14.9. The fourth-order valence-electron chi connectivity index (χ4n) is 3.45. The van der Waals surface area contributed by atoms with Gasteiger partial charge in [0.15, 0.2) is 0 Å². The molecule has 2 aromatic carbocycles. The number of carboxylic acid groups (broad SMARTS) is 1. The lowest BCUT2D eigenvalue weighted by Crippen LogP contribution is -1.90. The number of fused-ring (bicyclic) bond motifs is 3. The summed E-state index contributed by atoms with van der Waals surface area (Å²) in [6.07, 6.45) is 21.6. The number of nitrogens with zero attached hydrogens (tertiary/aromatic N) is 1. The molecule has 3 heteroatoms. The third-order valence-electron chi connectivity index (χ3n) is 4.99. The second-order valence-corrected chi connectivity index (χ2v) is 7.05. The molecule has 0 saturated heterocycles. The molecule has 3 nitrogen and oxygen atoms in total. The Kier molecular flexibility index (Phi) is 7.61. The van der Waals surface area contributed by atoms with Crippen LogP contribution in [-0.2, 0) is 4.79 Å². The normalized spacial score (nSPS) is 13.4. The van der Waals surface area contributed by atoms with Gasteiger partial charge in [-0.05, 0) is 54.8 Å². The first-order valence-electron chi connectivity index (χ1n) is 10.4. The Morgan fingerprint density at radius 2 is 1.77 bits per heavy atom. The lowest BCUT2D eigenvalue weighted by Gasteiger charge is -2.04. The first-order chi connectivity index (χ1) is 15.1. The van der Waals surface area contributed by atoms with Gasteiger partial charge in [-0.15, -0.1) is 0 Å². The minimum absolute atomic E-state index is 0.651. The summed E-state index contributed by atoms with van der Waals surface area (Å²) in [5, 5.41) is 12.5. The third kappa shape index (κ3) is 5.61. The summed E-state index contributed by atoms with van der Waals surface area (Å²) in [6.45, 7) is 3.91. The maximum atomic E-state index is 10.8. The Morgan fingerprint density at radius 1 is 0.968 bits per heavy atom. The predicted octanol–water partition coefficient (Wildman–Crippen LogP) is 7.39. The Hall–Kier alpha value is -3.85. The summed E-state index contributed by atoms with van der Waals surface area (Å²) in [5.41, 5.74) is 3.16. The van der Waals surface area contributed by atoms with Crippen LogP contribution in [0.25, 0.3) is 34.0 Å². The molecule has 0 radical (unpaired) electrons. The van der Waals surface area contributed by atoms with E-state index in [0.29, 0.717) is 6.42 Å². The van der Waals surface area contributed by atoms with Crippen LogP contribution >= 0.6 is 0 Å². The number of aromatic nitrogens is 1. The Labute approximate surface area is 183 Å². The maximum absolute atomic E-state index is 10.8. The number of carboxylic acids is 1. The van der Waals surface area contributed by atoms with Crippen molar-refractivity contribution in [3.05, 3.63) is 108 Å². The van der Waals surface area contributed by atoms with Crippen molar-refractivity contribution in [2.24, 2.45) is 0 Å². The highest BCUT2D eigenvalue weighted by Gasteiger charge is 2.08. The van der Waals surface area contributed by atoms with Gasteiger partial charge in [-0.25, -0.2) is 4.79 Å². The topological polar surface area (TPSA) is 42.2 Å². The van der Waals surface area contributed by atoms with Gasteiger partial charge in [-0.3, -0.25) is 0 Å². The second-order valence-electron chi connectivity index (χ2n) is 7.05. The van der Waals surface area contributed by atoms with Gasteiger partial charge >= 0.3 is 5.97 Å². The van der Waals surface area contributed by atoms with E-state index in [1.54, 1.807) is 6.08 Å². The molecule has 1 N–H and O–H groups in total. The van der Waals surface area contributed by atoms with E-state index < -0.39 is 5.97 Å². The first kappa shape index (κ1) is 21.8. The van der Waals surface area contributed by atoms with E-state index in [0.717, 1.165) is 16.8 Å². The molecule has 1 aromatic heterocycles. The monoisotopic (exact) mass is 409 g/mol. The highest BCUT2D eigenvalue weighted by Crippen LogP contribution is 2.29. The Balaban J connectivity index is 2.01. The lowest BCUT2D eigenvalue weighted by atomic mass is 10.1. The number of rotatable bonds is 8. The minimum atomic E-state index is -0.940. The molecule has 0 aliphatic rings. The summed E-state index contributed by atoms with van der Waals surface area (Å²) in [4.78, 5) is 10.8. The first-order valence-corrected chi connectivity index (χ1v) is 10.4. The van der Waals surface area contributed by atoms with Crippen LogP contribution < -0.4 is 0 Å². The molecule has 0 bridgehead atoms. The molecule has 0 amide bonds. The minimum Gasteiger partial charge on any atom is -0.478 e. The molecule has 0 spiro atoms. The largest absolute Gasteiger partial charge is 0.478 e. The number of benzene rings is 2. The van der Waals surface area contributed by atoms with Crippen LogP contribution in [0, 0.1) is 0 Å². The predicted molar refractivity (Wildman–Crippen MR) is 133 cm³/mol. The van der Waals surface area contributed by atoms with Crippen molar-refractivity contribution in [3.8, 4) is 0 Å². The summed E-state index contributed by atoms with van der Waals surface area (Å²) < 4.78 is 2.18. The van der Waals surface area contributed by atoms with Crippen molar-refractivity contribution in [2.75, 3.05) is 0 Å². The molecular weight excluding hydrogens is 382 g/mol. The average molecular weight is 410 g/mol. The van der Waals surface area contributed by atoms with Gasteiger partial charge in [0.25, 0.3) is 0 Å². The fraction of sp³-hybridized carbons (Fsp3) is 0.107. The van der Waals surface area contributed by atoms with Crippen molar-refractivity contribution in [1.82, 2.24) is 4.57 Å². The van der Waals surface area contributed by atoms with Crippen molar-refractivity contribution in [1.29, 1.82) is 0 Å². The summed E-state index contributed by atoms with van der Waals surface area (Å²) >= 11 is 0. The van der Waals surface area contributed by atoms with Crippen molar-refractivity contribution in [3.63, 3.8) is 0 Å². The SMILES string of the molecule is C\C=C/C=C\C=C\c1cc2c3ccccc3ccc2n1/C=C\CC(/C=C/C(=O)O)=C\C. The van der Waals surface area contributed by atoms with Crippen LogP contribution in [0.2, 0.25) is 0 Å². The van der Waals surface area contributed by atoms with E-state index in [-0.39, 0.29) is 0 Å². The highest BCUT2D eigenvalue weighted by molar-refractivity contribution is 6.08. The number of allylic oxidation sites excluding steroid dienone is 9. The van der Waals surface area contributed by atoms with Gasteiger partial charge in [0, 0.05) is 23.4 Å². The van der Waals surface area contributed by atoms with E-state index in [9.17, 15) is 4.79 Å². The standard InChI is InChI=1S/C28H27NO2/c1-3-5-6-7-8-14-24-21-26-25-15-10-9-13-23(25)17-18-27(26)29(24)20-11-12-22(4-2)16-19-28(30)31/h3-11,13-21H,12H2,1-2H3,(H,30,31)/b5-3-,7-6-,14-8+,19-16+,20-11-,22-4+. The van der Waals surface area contributed by atoms with Gasteiger partial charge in [-0.2, -0.15) is 0 Å². The van der Waals surface area contributed by atoms with E-state index in [1.165, 1.54) is 22.2 Å². The molecule has 1 heterocycles. The smallest absolute Gasteiger partial charge is 0.328 e. The third-order valence-corrected chi connectivity index (χ3v) is 4.99. The van der Waals surface area contributed by atoms with Gasteiger partial charge in [0.2, 0.25) is 0 Å². The molecular formula is C28H27NO2. The average Bonchev–Trinajstić information content (AvgIpc) is 3.13. The zero-order valence-corrected chi connectivity index (χ0v) is 17.9. The highest BCUT2D eigenvalue weighted by atomic mass is 16.4. The molecule has 0 fully saturated rings.